The van der Waals surface area contributed by atoms with Crippen molar-refractivity contribution in [2.24, 2.45) is 0 Å². The zero-order chi connectivity index (χ0) is 30.9. The molecule has 0 aliphatic heterocycles. The van der Waals surface area contributed by atoms with E-state index >= 15 is 0 Å². The summed E-state index contributed by atoms with van der Waals surface area (Å²) in [5, 5.41) is 0.248. The van der Waals surface area contributed by atoms with Crippen LogP contribution in [-0.2, 0) is 9.53 Å². The molecule has 0 fully saturated rings. The highest BCUT2D eigenvalue weighted by Crippen LogP contribution is 2.16. The van der Waals surface area contributed by atoms with Gasteiger partial charge in [0.15, 0.2) is 0 Å². The number of unbranched alkanes of at least 4 members (excludes halogenated alkanes) is 19. The van der Waals surface area contributed by atoms with Gasteiger partial charge in [-0.3, -0.25) is 9.59 Å². The summed E-state index contributed by atoms with van der Waals surface area (Å²) in [6, 6.07) is 0. The summed E-state index contributed by atoms with van der Waals surface area (Å²) in [7, 11) is 4.12. The molecule has 0 rings (SSSR count). The molecule has 1 amide bonds. The lowest BCUT2D eigenvalue weighted by molar-refractivity contribution is -0.142. The molecule has 0 aromatic rings. The van der Waals surface area contributed by atoms with Gasteiger partial charge in [-0.1, -0.05) is 147 Å². The van der Waals surface area contributed by atoms with Crippen molar-refractivity contribution in [1.82, 2.24) is 9.80 Å². The molecule has 0 saturated heterocycles. The fraction of sp³-hybridized carbons (Fsp3) is 0.889. The Labute approximate surface area is 266 Å². The van der Waals surface area contributed by atoms with Crippen molar-refractivity contribution in [1.29, 1.82) is 0 Å². The van der Waals surface area contributed by atoms with E-state index in [1.165, 1.54) is 108 Å². The zero-order valence-electron chi connectivity index (χ0n) is 28.5. The molecule has 0 N–H and O–H groups in total. The highest BCUT2D eigenvalue weighted by molar-refractivity contribution is 8.13. The first-order valence-electron chi connectivity index (χ1n) is 17.9. The van der Waals surface area contributed by atoms with E-state index in [0.29, 0.717) is 13.0 Å². The Morgan fingerprint density at radius 2 is 1.07 bits per heavy atom. The molecule has 0 atom stereocenters. The number of allylic oxidation sites excluding steroid dienone is 1. The van der Waals surface area contributed by atoms with Gasteiger partial charge in [-0.15, -0.1) is 0 Å². The summed E-state index contributed by atoms with van der Waals surface area (Å²) in [6.07, 6.45) is 32.1. The molecule has 0 aliphatic carbocycles. The third kappa shape index (κ3) is 30.4. The molecule has 0 saturated carbocycles. The van der Waals surface area contributed by atoms with Crippen LogP contribution < -0.4 is 0 Å². The van der Waals surface area contributed by atoms with E-state index in [2.05, 4.69) is 43.8 Å². The van der Waals surface area contributed by atoms with Crippen LogP contribution in [0.4, 0.5) is 4.79 Å². The number of hydrogen-bond donors (Lipinski definition) is 0. The van der Waals surface area contributed by atoms with Gasteiger partial charge in [0, 0.05) is 31.8 Å². The first-order valence-corrected chi connectivity index (χ1v) is 18.9. The molecule has 248 valence electrons. The number of esters is 1. The van der Waals surface area contributed by atoms with E-state index in [4.69, 9.17) is 4.74 Å². The topological polar surface area (TPSA) is 49.9 Å². The second kappa shape index (κ2) is 32.9. The maximum Gasteiger partial charge on any atom is 0.306 e. The molecule has 0 aromatic heterocycles. The predicted octanol–water partition coefficient (Wildman–Crippen LogP) is 10.8. The SMILES string of the molecule is CCCCCCC=CCOC(=O)CCCCCCCN(CCCCCCCCCCCCCC)C(=O)SCCN(C)C. The van der Waals surface area contributed by atoms with Crippen molar-refractivity contribution in [3.8, 4) is 0 Å². The lowest BCUT2D eigenvalue weighted by Gasteiger charge is -2.22. The molecule has 0 unspecified atom stereocenters. The van der Waals surface area contributed by atoms with E-state index in [1.807, 2.05) is 6.08 Å². The Morgan fingerprint density at radius 3 is 1.60 bits per heavy atom. The van der Waals surface area contributed by atoms with Crippen LogP contribution in [0.3, 0.4) is 0 Å². The molecule has 0 radical (unpaired) electrons. The summed E-state index contributed by atoms with van der Waals surface area (Å²) >= 11 is 1.47. The Morgan fingerprint density at radius 1 is 0.595 bits per heavy atom. The molecule has 0 spiro atoms. The van der Waals surface area contributed by atoms with Gasteiger partial charge in [0.2, 0.25) is 0 Å². The number of hydrogen-bond acceptors (Lipinski definition) is 5. The van der Waals surface area contributed by atoms with Crippen LogP contribution in [0.25, 0.3) is 0 Å². The Hall–Kier alpha value is -1.01. The van der Waals surface area contributed by atoms with E-state index in [0.717, 1.165) is 70.3 Å². The largest absolute Gasteiger partial charge is 0.461 e. The monoisotopic (exact) mass is 611 g/mol. The molecular formula is C36H70N2O3S. The maximum atomic E-state index is 12.9. The minimum absolute atomic E-state index is 0.0837. The van der Waals surface area contributed by atoms with Gasteiger partial charge in [0.1, 0.15) is 6.61 Å². The van der Waals surface area contributed by atoms with Crippen molar-refractivity contribution in [2.75, 3.05) is 46.1 Å². The van der Waals surface area contributed by atoms with E-state index in [1.54, 1.807) is 0 Å². The lowest BCUT2D eigenvalue weighted by Crippen LogP contribution is -2.30. The summed E-state index contributed by atoms with van der Waals surface area (Å²) in [5.74, 6) is 0.769. The molecule has 0 aromatic carbocycles. The van der Waals surface area contributed by atoms with Gasteiger partial charge in [0.05, 0.1) is 0 Å². The predicted molar refractivity (Wildman–Crippen MR) is 186 cm³/mol. The van der Waals surface area contributed by atoms with Crippen LogP contribution in [0.1, 0.15) is 162 Å². The van der Waals surface area contributed by atoms with Crippen LogP contribution in [0.2, 0.25) is 0 Å². The van der Waals surface area contributed by atoms with Crippen molar-refractivity contribution < 1.29 is 14.3 Å². The summed E-state index contributed by atoms with van der Waals surface area (Å²) < 4.78 is 5.32. The molecule has 0 heterocycles. The number of amides is 1. The number of carbonyl (C=O) groups is 2. The smallest absolute Gasteiger partial charge is 0.306 e. The van der Waals surface area contributed by atoms with E-state index in [-0.39, 0.29) is 11.2 Å². The van der Waals surface area contributed by atoms with Crippen molar-refractivity contribution in [3.63, 3.8) is 0 Å². The van der Waals surface area contributed by atoms with Gasteiger partial charge in [-0.05, 0) is 46.2 Å². The van der Waals surface area contributed by atoms with Crippen molar-refractivity contribution in [2.45, 2.75) is 162 Å². The van der Waals surface area contributed by atoms with Gasteiger partial charge in [-0.25, -0.2) is 0 Å². The Balaban J connectivity index is 3.99. The minimum atomic E-state index is -0.0837. The zero-order valence-corrected chi connectivity index (χ0v) is 29.3. The van der Waals surface area contributed by atoms with Crippen LogP contribution >= 0.6 is 11.8 Å². The quantitative estimate of drug-likeness (QED) is 0.0444. The van der Waals surface area contributed by atoms with Gasteiger partial charge >= 0.3 is 5.97 Å². The fourth-order valence-corrected chi connectivity index (χ4v) is 6.03. The van der Waals surface area contributed by atoms with Crippen molar-refractivity contribution >= 4 is 23.0 Å². The molecule has 42 heavy (non-hydrogen) atoms. The second-order valence-corrected chi connectivity index (χ2v) is 13.4. The Kier molecular flexibility index (Phi) is 32.1. The summed E-state index contributed by atoms with van der Waals surface area (Å²) in [5.41, 5.74) is 0. The fourth-order valence-electron chi connectivity index (χ4n) is 5.04. The number of rotatable bonds is 31. The number of ether oxygens (including phenoxy) is 1. The molecule has 6 heteroatoms. The first-order chi connectivity index (χ1) is 20.5. The number of carbonyl (C=O) groups excluding carboxylic acids is 2. The third-order valence-corrected chi connectivity index (χ3v) is 8.74. The van der Waals surface area contributed by atoms with E-state index in [9.17, 15) is 9.59 Å². The Bertz CT molecular complexity index is 627. The first kappa shape index (κ1) is 41.0. The summed E-state index contributed by atoms with van der Waals surface area (Å²) in [6.45, 7) is 7.59. The van der Waals surface area contributed by atoms with Crippen LogP contribution in [-0.4, -0.2) is 67.1 Å². The highest BCUT2D eigenvalue weighted by Gasteiger charge is 2.13. The average molecular weight is 611 g/mol. The van der Waals surface area contributed by atoms with Gasteiger partial charge < -0.3 is 14.5 Å². The normalized spacial score (nSPS) is 11.5. The molecule has 0 bridgehead atoms. The highest BCUT2D eigenvalue weighted by atomic mass is 32.2. The molecular weight excluding hydrogens is 540 g/mol. The lowest BCUT2D eigenvalue weighted by atomic mass is 10.1. The van der Waals surface area contributed by atoms with E-state index < -0.39 is 0 Å². The number of nitrogens with zero attached hydrogens (tertiary/aromatic N) is 2. The molecule has 5 nitrogen and oxygen atoms in total. The second-order valence-electron chi connectivity index (χ2n) is 12.3. The summed E-state index contributed by atoms with van der Waals surface area (Å²) in [4.78, 5) is 29.1. The van der Waals surface area contributed by atoms with Gasteiger partial charge in [0.25, 0.3) is 5.24 Å². The van der Waals surface area contributed by atoms with Crippen molar-refractivity contribution in [3.05, 3.63) is 12.2 Å². The van der Waals surface area contributed by atoms with Crippen LogP contribution in [0, 0.1) is 0 Å². The minimum Gasteiger partial charge on any atom is -0.461 e. The van der Waals surface area contributed by atoms with Crippen LogP contribution in [0.15, 0.2) is 12.2 Å². The third-order valence-electron chi connectivity index (χ3n) is 7.84. The average Bonchev–Trinajstić information content (AvgIpc) is 2.97. The number of thioether (sulfide) groups is 1. The van der Waals surface area contributed by atoms with Crippen LogP contribution in [0.5, 0.6) is 0 Å². The molecule has 0 aliphatic rings. The van der Waals surface area contributed by atoms with Gasteiger partial charge in [-0.2, -0.15) is 0 Å². The standard InChI is InChI=1S/C36H70N2O3S/c1-5-7-9-11-13-14-15-16-17-18-22-26-30-38(36(40)42-34-32-37(3)4)31-27-23-20-21-25-29-35(39)41-33-28-24-19-12-10-8-6-2/h24,28H,5-23,25-27,29-34H2,1-4H3. The maximum absolute atomic E-state index is 12.9.